The van der Waals surface area contributed by atoms with Crippen molar-refractivity contribution in [1.29, 1.82) is 0 Å². The molecule has 2 heterocycles. The Balaban J connectivity index is 1.93. The lowest BCUT2D eigenvalue weighted by Crippen LogP contribution is -2.34. The van der Waals surface area contributed by atoms with Crippen molar-refractivity contribution >= 4 is 21.8 Å². The van der Waals surface area contributed by atoms with Crippen molar-refractivity contribution in [3.05, 3.63) is 18.0 Å². The van der Waals surface area contributed by atoms with E-state index in [1.54, 1.807) is 4.31 Å². The van der Waals surface area contributed by atoms with Gasteiger partial charge in [0.15, 0.2) is 5.16 Å². The first kappa shape index (κ1) is 15.7. The van der Waals surface area contributed by atoms with E-state index in [9.17, 15) is 8.42 Å². The maximum absolute atomic E-state index is 11.6. The highest BCUT2D eigenvalue weighted by Gasteiger charge is 2.21. The van der Waals surface area contributed by atoms with Gasteiger partial charge in [0.1, 0.15) is 0 Å². The first-order valence-electron chi connectivity index (χ1n) is 6.51. The van der Waals surface area contributed by atoms with E-state index in [1.165, 1.54) is 18.0 Å². The van der Waals surface area contributed by atoms with Crippen LogP contribution in [0.5, 0.6) is 0 Å². The van der Waals surface area contributed by atoms with Crippen LogP contribution in [-0.2, 0) is 16.6 Å². The molecule has 20 heavy (non-hydrogen) atoms. The van der Waals surface area contributed by atoms with Crippen molar-refractivity contribution in [3.63, 3.8) is 0 Å². The molecule has 1 aromatic rings. The monoisotopic (exact) mass is 316 g/mol. The third-order valence-corrected chi connectivity index (χ3v) is 5.17. The normalized spacial score (nSPS) is 18.9. The van der Waals surface area contributed by atoms with E-state index in [-0.39, 0.29) is 0 Å². The van der Waals surface area contributed by atoms with Gasteiger partial charge in [0, 0.05) is 44.1 Å². The summed E-state index contributed by atoms with van der Waals surface area (Å²) in [7, 11) is -3.08. The molecule has 0 saturated carbocycles. The minimum absolute atomic E-state index is 0.558. The molecule has 0 spiro atoms. The fourth-order valence-corrected chi connectivity index (χ4v) is 3.42. The average molecular weight is 316 g/mol. The largest absolute Gasteiger partial charge is 0.298 e. The van der Waals surface area contributed by atoms with Crippen molar-refractivity contribution in [2.75, 3.05) is 38.7 Å². The first-order valence-corrected chi connectivity index (χ1v) is 9.59. The van der Waals surface area contributed by atoms with Gasteiger partial charge < -0.3 is 0 Å². The predicted molar refractivity (Wildman–Crippen MR) is 80.1 cm³/mol. The molecule has 1 aliphatic rings. The molecule has 0 unspecified atom stereocenters. The summed E-state index contributed by atoms with van der Waals surface area (Å²) in [6.45, 7) is 3.58. The van der Waals surface area contributed by atoms with Crippen LogP contribution < -0.4 is 0 Å². The molecule has 1 fully saturated rings. The van der Waals surface area contributed by atoms with Gasteiger partial charge in [-0.3, -0.25) is 4.90 Å². The van der Waals surface area contributed by atoms with Crippen LogP contribution in [0.4, 0.5) is 0 Å². The van der Waals surface area contributed by atoms with E-state index in [0.29, 0.717) is 13.1 Å². The zero-order chi connectivity index (χ0) is 14.6. The number of hydrogen-bond donors (Lipinski definition) is 0. The van der Waals surface area contributed by atoms with Crippen LogP contribution in [0.25, 0.3) is 0 Å². The van der Waals surface area contributed by atoms with Crippen LogP contribution in [-0.4, -0.2) is 66.3 Å². The minimum Gasteiger partial charge on any atom is -0.298 e. The lowest BCUT2D eigenvalue weighted by Gasteiger charge is -2.20. The van der Waals surface area contributed by atoms with Crippen molar-refractivity contribution in [2.45, 2.75) is 18.1 Å². The third kappa shape index (κ3) is 4.41. The van der Waals surface area contributed by atoms with Gasteiger partial charge in [0.25, 0.3) is 0 Å². The number of thioether (sulfide) groups is 1. The Morgan fingerprint density at radius 1 is 1.20 bits per heavy atom. The summed E-state index contributed by atoms with van der Waals surface area (Å²) in [6, 6.07) is 0. The second kappa shape index (κ2) is 6.84. The lowest BCUT2D eigenvalue weighted by atomic mass is 10.3. The Kier molecular flexibility index (Phi) is 5.36. The number of hydrogen-bond acceptors (Lipinski definition) is 6. The second-order valence-electron chi connectivity index (χ2n) is 4.87. The van der Waals surface area contributed by atoms with Gasteiger partial charge in [0.05, 0.1) is 6.26 Å². The summed E-state index contributed by atoms with van der Waals surface area (Å²) in [6.07, 6.45) is 7.77. The maximum atomic E-state index is 11.6. The highest BCUT2D eigenvalue weighted by atomic mass is 32.2. The Hall–Kier alpha value is -0.700. The van der Waals surface area contributed by atoms with E-state index >= 15 is 0 Å². The third-order valence-electron chi connectivity index (χ3n) is 3.29. The summed E-state index contributed by atoms with van der Waals surface area (Å²) in [4.78, 5) is 10.8. The Labute approximate surface area is 124 Å². The van der Waals surface area contributed by atoms with Crippen LogP contribution in [0.15, 0.2) is 17.6 Å². The molecule has 0 bridgehead atoms. The zero-order valence-electron chi connectivity index (χ0n) is 11.8. The average Bonchev–Trinajstić information content (AvgIpc) is 2.65. The van der Waals surface area contributed by atoms with E-state index in [0.717, 1.165) is 36.8 Å². The standard InChI is InChI=1S/C12H20N4O2S2/c1-19-12-13-8-11(9-14-12)10-15-4-3-5-16(7-6-15)20(2,17)18/h8-9H,3-7,10H2,1-2H3. The van der Waals surface area contributed by atoms with Crippen LogP contribution >= 0.6 is 11.8 Å². The molecule has 1 saturated heterocycles. The SMILES string of the molecule is CSc1ncc(CN2CCCN(S(C)(=O)=O)CC2)cn1. The lowest BCUT2D eigenvalue weighted by molar-refractivity contribution is 0.278. The molecule has 6 nitrogen and oxygen atoms in total. The van der Waals surface area contributed by atoms with Crippen molar-refractivity contribution in [3.8, 4) is 0 Å². The maximum Gasteiger partial charge on any atom is 0.211 e. The summed E-state index contributed by atoms with van der Waals surface area (Å²) in [5, 5.41) is 0.771. The molecular weight excluding hydrogens is 296 g/mol. The molecule has 2 rings (SSSR count). The van der Waals surface area contributed by atoms with Crippen molar-refractivity contribution in [1.82, 2.24) is 19.2 Å². The summed E-state index contributed by atoms with van der Waals surface area (Å²) >= 11 is 1.52. The quantitative estimate of drug-likeness (QED) is 0.601. The molecule has 0 radical (unpaired) electrons. The molecule has 1 aromatic heterocycles. The van der Waals surface area contributed by atoms with Gasteiger partial charge in [-0.15, -0.1) is 0 Å². The number of nitrogens with zero attached hydrogens (tertiary/aromatic N) is 4. The Morgan fingerprint density at radius 3 is 2.50 bits per heavy atom. The summed E-state index contributed by atoms with van der Waals surface area (Å²) in [5.74, 6) is 0. The molecule has 8 heteroatoms. The second-order valence-corrected chi connectivity index (χ2v) is 7.63. The smallest absolute Gasteiger partial charge is 0.211 e. The minimum atomic E-state index is -3.08. The van der Waals surface area contributed by atoms with Crippen LogP contribution in [0.3, 0.4) is 0 Å². The molecule has 112 valence electrons. The van der Waals surface area contributed by atoms with Crippen molar-refractivity contribution < 1.29 is 8.42 Å². The van der Waals surface area contributed by atoms with E-state index in [4.69, 9.17) is 0 Å². The highest BCUT2D eigenvalue weighted by Crippen LogP contribution is 2.12. The number of sulfonamides is 1. The fraction of sp³-hybridized carbons (Fsp3) is 0.667. The van der Waals surface area contributed by atoms with E-state index in [2.05, 4.69) is 14.9 Å². The predicted octanol–water partition coefficient (Wildman–Crippen LogP) is 0.666. The highest BCUT2D eigenvalue weighted by molar-refractivity contribution is 7.98. The summed E-state index contributed by atoms with van der Waals surface area (Å²) < 4.78 is 24.7. The molecule has 0 N–H and O–H groups in total. The number of rotatable bonds is 4. The van der Waals surface area contributed by atoms with Gasteiger partial charge in [-0.25, -0.2) is 22.7 Å². The van der Waals surface area contributed by atoms with Gasteiger partial charge in [-0.2, -0.15) is 0 Å². The number of aromatic nitrogens is 2. The Morgan fingerprint density at radius 2 is 1.90 bits per heavy atom. The van der Waals surface area contributed by atoms with Gasteiger partial charge in [0.2, 0.25) is 10.0 Å². The Bertz CT molecular complexity index is 533. The fourth-order valence-electron chi connectivity index (χ4n) is 2.23. The van der Waals surface area contributed by atoms with Crippen molar-refractivity contribution in [2.24, 2.45) is 0 Å². The first-order chi connectivity index (χ1) is 9.49. The molecule has 0 amide bonds. The van der Waals surface area contributed by atoms with Gasteiger partial charge in [-0.05, 0) is 19.2 Å². The van der Waals surface area contributed by atoms with Crippen LogP contribution in [0.2, 0.25) is 0 Å². The van der Waals surface area contributed by atoms with Crippen LogP contribution in [0, 0.1) is 0 Å². The molecule has 0 atom stereocenters. The molecule has 0 aliphatic carbocycles. The van der Waals surface area contributed by atoms with Gasteiger partial charge >= 0.3 is 0 Å². The molecule has 0 aromatic carbocycles. The molecule has 1 aliphatic heterocycles. The zero-order valence-corrected chi connectivity index (χ0v) is 13.5. The van der Waals surface area contributed by atoms with E-state index < -0.39 is 10.0 Å². The van der Waals surface area contributed by atoms with Gasteiger partial charge in [-0.1, -0.05) is 11.8 Å². The van der Waals surface area contributed by atoms with Crippen LogP contribution in [0.1, 0.15) is 12.0 Å². The molecular formula is C12H20N4O2S2. The summed E-state index contributed by atoms with van der Waals surface area (Å²) in [5.41, 5.74) is 1.07. The topological polar surface area (TPSA) is 66.4 Å². The van der Waals surface area contributed by atoms with E-state index in [1.807, 2.05) is 18.6 Å².